The maximum absolute atomic E-state index is 14.3. The summed E-state index contributed by atoms with van der Waals surface area (Å²) in [5.74, 6) is -2.11. The molecular weight excluding hydrogens is 482 g/mol. The van der Waals surface area contributed by atoms with E-state index in [1.165, 1.54) is 0 Å². The molecule has 3 amide bonds. The van der Waals surface area contributed by atoms with Crippen LogP contribution < -0.4 is 0 Å². The Bertz CT molecular complexity index is 1160. The first-order valence-electron chi connectivity index (χ1n) is 13.6. The molecule has 8 heteroatoms. The summed E-state index contributed by atoms with van der Waals surface area (Å²) in [4.78, 5) is 47.9. The van der Waals surface area contributed by atoms with Crippen molar-refractivity contribution in [2.45, 2.75) is 69.9 Å². The van der Waals surface area contributed by atoms with Crippen molar-refractivity contribution in [3.63, 3.8) is 0 Å². The molecule has 38 heavy (non-hydrogen) atoms. The van der Waals surface area contributed by atoms with Crippen molar-refractivity contribution in [1.82, 2.24) is 14.7 Å². The number of carbonyl (C=O) groups is 3. The quantitative estimate of drug-likeness (QED) is 0.459. The number of rotatable bonds is 6. The van der Waals surface area contributed by atoms with Crippen LogP contribution in [0.25, 0.3) is 0 Å². The first-order chi connectivity index (χ1) is 18.0. The molecule has 0 radical (unpaired) electrons. The molecule has 0 aromatic heterocycles. The minimum atomic E-state index is -1.25. The Morgan fingerprint density at radius 3 is 2.34 bits per heavy atom. The minimum Gasteiger partial charge on any atom is -0.396 e. The van der Waals surface area contributed by atoms with Gasteiger partial charge in [-0.1, -0.05) is 54.6 Å². The van der Waals surface area contributed by atoms with E-state index >= 15 is 0 Å². The third kappa shape index (κ3) is 4.18. The number of amides is 3. The molecule has 0 bridgehead atoms. The van der Waals surface area contributed by atoms with E-state index in [1.54, 1.807) is 14.7 Å². The smallest absolute Gasteiger partial charge is 0.249 e. The van der Waals surface area contributed by atoms with E-state index in [2.05, 4.69) is 0 Å². The van der Waals surface area contributed by atoms with E-state index in [9.17, 15) is 19.5 Å². The van der Waals surface area contributed by atoms with E-state index in [1.807, 2.05) is 82.3 Å². The number of unbranched alkanes of at least 4 members (excludes halogenated alkanes) is 1. The van der Waals surface area contributed by atoms with Gasteiger partial charge >= 0.3 is 0 Å². The minimum absolute atomic E-state index is 0.0121. The second-order valence-corrected chi connectivity index (χ2v) is 12.1. The Morgan fingerprint density at radius 1 is 0.947 bits per heavy atom. The summed E-state index contributed by atoms with van der Waals surface area (Å²) in [6, 6.07) is 8.94. The summed E-state index contributed by atoms with van der Waals surface area (Å²) in [7, 11) is 0. The highest BCUT2D eigenvalue weighted by Crippen LogP contribution is 2.57. The number of likely N-dealkylation sites (tertiary alicyclic amines) is 1. The second-order valence-electron chi connectivity index (χ2n) is 12.1. The van der Waals surface area contributed by atoms with E-state index in [-0.39, 0.29) is 24.3 Å². The summed E-state index contributed by atoms with van der Waals surface area (Å²) in [6.07, 6.45) is 8.75. The lowest BCUT2D eigenvalue weighted by atomic mass is 9.74. The van der Waals surface area contributed by atoms with Crippen molar-refractivity contribution in [2.75, 3.05) is 26.2 Å². The van der Waals surface area contributed by atoms with Crippen molar-refractivity contribution >= 4 is 17.7 Å². The van der Waals surface area contributed by atoms with Gasteiger partial charge in [-0.05, 0) is 46.1 Å². The lowest BCUT2D eigenvalue weighted by Crippen LogP contribution is -2.59. The van der Waals surface area contributed by atoms with Gasteiger partial charge in [0.1, 0.15) is 11.6 Å². The van der Waals surface area contributed by atoms with Crippen LogP contribution >= 0.6 is 0 Å². The number of aliphatic hydroxyl groups is 1. The molecule has 1 aromatic rings. The van der Waals surface area contributed by atoms with Gasteiger partial charge in [0.15, 0.2) is 0 Å². The maximum atomic E-state index is 14.3. The van der Waals surface area contributed by atoms with Crippen LogP contribution in [0.5, 0.6) is 0 Å². The molecule has 4 aliphatic heterocycles. The normalized spacial score (nSPS) is 32.8. The van der Waals surface area contributed by atoms with Crippen LogP contribution in [0.2, 0.25) is 0 Å². The maximum Gasteiger partial charge on any atom is 0.249 e. The Labute approximate surface area is 224 Å². The Morgan fingerprint density at radius 2 is 1.66 bits per heavy atom. The van der Waals surface area contributed by atoms with Crippen LogP contribution in [-0.4, -0.2) is 86.6 Å². The van der Waals surface area contributed by atoms with Gasteiger partial charge < -0.3 is 24.5 Å². The molecule has 5 atom stereocenters. The molecule has 1 aromatic carbocycles. The van der Waals surface area contributed by atoms with Crippen LogP contribution in [0.1, 0.15) is 46.1 Å². The number of hydrogen-bond acceptors (Lipinski definition) is 5. The molecule has 5 rings (SSSR count). The van der Waals surface area contributed by atoms with Crippen molar-refractivity contribution in [1.29, 1.82) is 0 Å². The van der Waals surface area contributed by atoms with E-state index in [0.29, 0.717) is 39.0 Å². The number of benzene rings is 1. The van der Waals surface area contributed by atoms with Crippen LogP contribution in [0.15, 0.2) is 54.6 Å². The van der Waals surface area contributed by atoms with Gasteiger partial charge in [0.25, 0.3) is 0 Å². The summed E-state index contributed by atoms with van der Waals surface area (Å²) < 4.78 is 6.86. The van der Waals surface area contributed by atoms with Gasteiger partial charge in [0, 0.05) is 38.3 Å². The third-order valence-electron chi connectivity index (χ3n) is 8.47. The fourth-order valence-corrected chi connectivity index (χ4v) is 6.76. The summed E-state index contributed by atoms with van der Waals surface area (Å²) >= 11 is 0. The molecule has 204 valence electrons. The van der Waals surface area contributed by atoms with Gasteiger partial charge in [-0.25, -0.2) is 0 Å². The molecule has 8 nitrogen and oxygen atoms in total. The fourth-order valence-electron chi connectivity index (χ4n) is 6.76. The zero-order chi connectivity index (χ0) is 27.3. The Kier molecular flexibility index (Phi) is 6.76. The molecular formula is C30H39N3O5. The van der Waals surface area contributed by atoms with Crippen LogP contribution in [-0.2, 0) is 25.7 Å². The topological polar surface area (TPSA) is 90.4 Å². The van der Waals surface area contributed by atoms with Crippen LogP contribution in [0.3, 0.4) is 0 Å². The standard InChI is InChI=1S/C30H39N3O5/c1-28(2,3)33-18-11-15-30-23(26(36)32(17-8-9-19-34)24(30)27(33)37)22-25(35)31(16-10-14-29(22,4)38-30)20-21-12-6-5-7-13-21/h5-7,10-15,22-24,34H,8-9,16-20H2,1-4H3/t22-,23-,24?,29+,30-/m0/s1. The number of hydrogen-bond donors (Lipinski definition) is 1. The van der Waals surface area contributed by atoms with Gasteiger partial charge in [-0.3, -0.25) is 14.4 Å². The van der Waals surface area contributed by atoms with Crippen molar-refractivity contribution in [3.05, 3.63) is 60.2 Å². The summed E-state index contributed by atoms with van der Waals surface area (Å²) in [5.41, 5.74) is -1.72. The predicted octanol–water partition coefficient (Wildman–Crippen LogP) is 2.53. The summed E-state index contributed by atoms with van der Waals surface area (Å²) in [5, 5.41) is 9.38. The highest BCUT2D eigenvalue weighted by molar-refractivity contribution is 6.00. The average Bonchev–Trinajstić information content (AvgIpc) is 3.12. The number of nitrogens with zero attached hydrogens (tertiary/aromatic N) is 3. The van der Waals surface area contributed by atoms with Crippen molar-refractivity contribution in [2.24, 2.45) is 11.8 Å². The van der Waals surface area contributed by atoms with Crippen molar-refractivity contribution < 1.29 is 24.2 Å². The zero-order valence-electron chi connectivity index (χ0n) is 22.8. The van der Waals surface area contributed by atoms with Gasteiger partial charge in [0.2, 0.25) is 17.7 Å². The lowest BCUT2D eigenvalue weighted by Gasteiger charge is -2.41. The number of carbonyl (C=O) groups excluding carboxylic acids is 3. The molecule has 1 N–H and O–H groups in total. The van der Waals surface area contributed by atoms with Crippen LogP contribution in [0, 0.1) is 11.8 Å². The second kappa shape index (κ2) is 9.65. The zero-order valence-corrected chi connectivity index (χ0v) is 22.8. The van der Waals surface area contributed by atoms with Gasteiger partial charge in [-0.15, -0.1) is 0 Å². The monoisotopic (exact) mass is 521 g/mol. The lowest BCUT2D eigenvalue weighted by molar-refractivity contribution is -0.155. The van der Waals surface area contributed by atoms with Gasteiger partial charge in [-0.2, -0.15) is 0 Å². The van der Waals surface area contributed by atoms with E-state index in [4.69, 9.17) is 4.74 Å². The van der Waals surface area contributed by atoms with E-state index in [0.717, 1.165) is 5.56 Å². The average molecular weight is 522 g/mol. The molecule has 4 heterocycles. The SMILES string of the molecule is CC(C)(C)N1CC=C[C@]23O[C@]4(C)C=CCN(Cc5ccccc5)C(=O)[C@@H]4[C@H]2C(=O)N(CCCCO)C3C1=O. The highest BCUT2D eigenvalue weighted by atomic mass is 16.5. The largest absolute Gasteiger partial charge is 0.396 e. The molecule has 2 saturated heterocycles. The number of aliphatic hydroxyl groups excluding tert-OH is 1. The molecule has 1 unspecified atom stereocenters. The Hall–Kier alpha value is -2.97. The highest BCUT2D eigenvalue weighted by Gasteiger charge is 2.74. The van der Waals surface area contributed by atoms with E-state index < -0.39 is 34.6 Å². The molecule has 4 aliphatic rings. The predicted molar refractivity (Wildman–Crippen MR) is 143 cm³/mol. The molecule has 1 spiro atoms. The van der Waals surface area contributed by atoms with Crippen LogP contribution in [0.4, 0.5) is 0 Å². The fraction of sp³-hybridized carbons (Fsp3) is 0.567. The third-order valence-corrected chi connectivity index (χ3v) is 8.47. The Balaban J connectivity index is 1.58. The summed E-state index contributed by atoms with van der Waals surface area (Å²) in [6.45, 7) is 9.41. The number of fused-ring (bicyclic) bond motifs is 2. The molecule has 0 aliphatic carbocycles. The number of ether oxygens (including phenoxy) is 1. The molecule has 2 fully saturated rings. The first-order valence-corrected chi connectivity index (χ1v) is 13.6. The van der Waals surface area contributed by atoms with Crippen molar-refractivity contribution in [3.8, 4) is 0 Å². The van der Waals surface area contributed by atoms with Gasteiger partial charge in [0.05, 0.1) is 17.4 Å². The first kappa shape index (κ1) is 26.6. The molecule has 0 saturated carbocycles.